The lowest BCUT2D eigenvalue weighted by molar-refractivity contribution is -0.118. The molecule has 128 valence electrons. The maximum absolute atomic E-state index is 12.1. The van der Waals surface area contributed by atoms with Gasteiger partial charge in [0.05, 0.1) is 5.69 Å². The molecule has 0 spiro atoms. The molecule has 1 N–H and O–H groups in total. The lowest BCUT2D eigenvalue weighted by atomic mass is 10.1. The molecule has 3 aromatic carbocycles. The van der Waals surface area contributed by atoms with Crippen LogP contribution in [0.4, 0.5) is 5.13 Å². The summed E-state index contributed by atoms with van der Waals surface area (Å²) >= 11 is 1.40. The summed E-state index contributed by atoms with van der Waals surface area (Å²) in [4.78, 5) is 16.6. The van der Waals surface area contributed by atoms with Crippen molar-refractivity contribution in [2.45, 2.75) is 0 Å². The molecular formula is C21H16N2O2S. The molecule has 0 atom stereocenters. The molecule has 0 radical (unpaired) electrons. The second kappa shape index (κ2) is 7.37. The Morgan fingerprint density at radius 3 is 2.58 bits per heavy atom. The van der Waals surface area contributed by atoms with Crippen molar-refractivity contribution in [3.8, 4) is 17.0 Å². The average molecular weight is 360 g/mol. The fraction of sp³-hybridized carbons (Fsp3) is 0.0476. The van der Waals surface area contributed by atoms with E-state index in [2.05, 4.69) is 10.3 Å². The van der Waals surface area contributed by atoms with E-state index >= 15 is 0 Å². The second-order valence-electron chi connectivity index (χ2n) is 5.75. The zero-order chi connectivity index (χ0) is 17.8. The highest BCUT2D eigenvalue weighted by Crippen LogP contribution is 2.24. The molecule has 26 heavy (non-hydrogen) atoms. The number of aromatic nitrogens is 1. The maximum atomic E-state index is 12.1. The first-order valence-electron chi connectivity index (χ1n) is 8.20. The van der Waals surface area contributed by atoms with E-state index in [9.17, 15) is 4.79 Å². The number of rotatable bonds is 5. The molecule has 1 aromatic heterocycles. The molecule has 0 saturated carbocycles. The van der Waals surface area contributed by atoms with Crippen LogP contribution in [-0.2, 0) is 4.79 Å². The highest BCUT2D eigenvalue weighted by Gasteiger charge is 2.09. The lowest BCUT2D eigenvalue weighted by Crippen LogP contribution is -2.20. The Bertz CT molecular complexity index is 1040. The van der Waals surface area contributed by atoms with Crippen molar-refractivity contribution in [1.82, 2.24) is 4.98 Å². The fourth-order valence-corrected chi connectivity index (χ4v) is 3.37. The van der Waals surface area contributed by atoms with Gasteiger partial charge >= 0.3 is 0 Å². The number of carbonyl (C=O) groups excluding carboxylic acids is 1. The van der Waals surface area contributed by atoms with Gasteiger partial charge in [-0.15, -0.1) is 11.3 Å². The molecule has 4 aromatic rings. The number of hydrogen-bond acceptors (Lipinski definition) is 4. The third kappa shape index (κ3) is 3.73. The third-order valence-electron chi connectivity index (χ3n) is 3.91. The monoisotopic (exact) mass is 360 g/mol. The number of carbonyl (C=O) groups is 1. The number of ether oxygens (including phenoxy) is 1. The summed E-state index contributed by atoms with van der Waals surface area (Å²) < 4.78 is 5.60. The van der Waals surface area contributed by atoms with Crippen LogP contribution in [0.2, 0.25) is 0 Å². The summed E-state index contributed by atoms with van der Waals surface area (Å²) in [5, 5.41) is 7.50. The number of nitrogens with zero attached hydrogens (tertiary/aromatic N) is 1. The van der Waals surface area contributed by atoms with Crippen LogP contribution in [0.25, 0.3) is 22.0 Å². The molecule has 1 amide bonds. The average Bonchev–Trinajstić information content (AvgIpc) is 3.15. The van der Waals surface area contributed by atoms with E-state index in [0.29, 0.717) is 10.9 Å². The van der Waals surface area contributed by atoms with E-state index in [-0.39, 0.29) is 12.5 Å². The van der Waals surface area contributed by atoms with E-state index in [0.717, 1.165) is 22.0 Å². The predicted molar refractivity (Wildman–Crippen MR) is 106 cm³/mol. The Kier molecular flexibility index (Phi) is 4.62. The number of thiazole rings is 1. The van der Waals surface area contributed by atoms with Crippen LogP contribution < -0.4 is 10.1 Å². The van der Waals surface area contributed by atoms with Crippen LogP contribution >= 0.6 is 11.3 Å². The Hall–Kier alpha value is -3.18. The molecule has 4 rings (SSSR count). The standard InChI is InChI=1S/C21H16N2O2S/c24-20(13-25-18-11-10-15-6-4-5-9-17(15)12-18)23-21-22-19(14-26-21)16-7-2-1-3-8-16/h1-12,14H,13H2,(H,22,23,24). The number of nitrogens with one attached hydrogen (secondary N) is 1. The SMILES string of the molecule is O=C(COc1ccc2ccccc2c1)Nc1nc(-c2ccccc2)cs1. The minimum atomic E-state index is -0.230. The lowest BCUT2D eigenvalue weighted by Gasteiger charge is -2.07. The molecule has 1 heterocycles. The molecule has 0 fully saturated rings. The molecule has 5 heteroatoms. The minimum absolute atomic E-state index is 0.0570. The van der Waals surface area contributed by atoms with Gasteiger partial charge in [-0.25, -0.2) is 4.98 Å². The summed E-state index contributed by atoms with van der Waals surface area (Å²) in [6.07, 6.45) is 0. The van der Waals surface area contributed by atoms with Crippen LogP contribution in [0.3, 0.4) is 0 Å². The summed E-state index contributed by atoms with van der Waals surface area (Å²) in [6.45, 7) is -0.0570. The number of fused-ring (bicyclic) bond motifs is 1. The molecule has 0 bridgehead atoms. The van der Waals surface area contributed by atoms with Crippen LogP contribution in [0.5, 0.6) is 5.75 Å². The van der Waals surface area contributed by atoms with Crippen molar-refractivity contribution in [3.05, 3.63) is 78.2 Å². The smallest absolute Gasteiger partial charge is 0.264 e. The van der Waals surface area contributed by atoms with Crippen molar-refractivity contribution < 1.29 is 9.53 Å². The van der Waals surface area contributed by atoms with Crippen molar-refractivity contribution >= 4 is 33.1 Å². The van der Waals surface area contributed by atoms with E-state index in [1.54, 1.807) is 0 Å². The number of benzene rings is 3. The highest BCUT2D eigenvalue weighted by atomic mass is 32.1. The normalized spacial score (nSPS) is 10.6. The van der Waals surface area contributed by atoms with Gasteiger partial charge in [0.2, 0.25) is 0 Å². The first-order valence-corrected chi connectivity index (χ1v) is 9.08. The Balaban J connectivity index is 1.37. The molecule has 4 nitrogen and oxygen atoms in total. The zero-order valence-electron chi connectivity index (χ0n) is 13.9. The van der Waals surface area contributed by atoms with E-state index < -0.39 is 0 Å². The van der Waals surface area contributed by atoms with Gasteiger partial charge in [0.1, 0.15) is 5.75 Å². The summed E-state index contributed by atoms with van der Waals surface area (Å²) in [7, 11) is 0. The van der Waals surface area contributed by atoms with Crippen LogP contribution in [-0.4, -0.2) is 17.5 Å². The quantitative estimate of drug-likeness (QED) is 0.546. The van der Waals surface area contributed by atoms with Crippen molar-refractivity contribution in [1.29, 1.82) is 0 Å². The molecule has 0 aliphatic carbocycles. The minimum Gasteiger partial charge on any atom is -0.484 e. The highest BCUT2D eigenvalue weighted by molar-refractivity contribution is 7.14. The summed E-state index contributed by atoms with van der Waals surface area (Å²) in [5.41, 5.74) is 1.87. The second-order valence-corrected chi connectivity index (χ2v) is 6.61. The van der Waals surface area contributed by atoms with Crippen LogP contribution in [0.1, 0.15) is 0 Å². The van der Waals surface area contributed by atoms with Gasteiger partial charge in [0, 0.05) is 10.9 Å². The van der Waals surface area contributed by atoms with E-state index in [1.807, 2.05) is 78.2 Å². The molecule has 0 saturated heterocycles. The molecule has 0 aliphatic heterocycles. The van der Waals surface area contributed by atoms with Crippen LogP contribution in [0, 0.1) is 0 Å². The van der Waals surface area contributed by atoms with Gasteiger partial charge in [-0.05, 0) is 22.9 Å². The Morgan fingerprint density at radius 1 is 0.962 bits per heavy atom. The predicted octanol–water partition coefficient (Wildman–Crippen LogP) is 4.98. The zero-order valence-corrected chi connectivity index (χ0v) is 14.7. The van der Waals surface area contributed by atoms with Gasteiger partial charge in [-0.1, -0.05) is 60.7 Å². The number of amides is 1. The van der Waals surface area contributed by atoms with Crippen molar-refractivity contribution in [3.63, 3.8) is 0 Å². The first kappa shape index (κ1) is 16.3. The van der Waals surface area contributed by atoms with E-state index in [1.165, 1.54) is 11.3 Å². The molecule has 0 aliphatic rings. The molecule has 0 unspecified atom stereocenters. The maximum Gasteiger partial charge on any atom is 0.264 e. The van der Waals surface area contributed by atoms with Crippen molar-refractivity contribution in [2.24, 2.45) is 0 Å². The Morgan fingerprint density at radius 2 is 1.73 bits per heavy atom. The fourth-order valence-electron chi connectivity index (χ4n) is 2.63. The van der Waals surface area contributed by atoms with Gasteiger partial charge < -0.3 is 4.74 Å². The largest absolute Gasteiger partial charge is 0.484 e. The molecular weight excluding hydrogens is 344 g/mol. The summed E-state index contributed by atoms with van der Waals surface area (Å²) in [5.74, 6) is 0.440. The number of hydrogen-bond donors (Lipinski definition) is 1. The Labute approximate surface area is 155 Å². The first-order chi connectivity index (χ1) is 12.8. The topological polar surface area (TPSA) is 51.2 Å². The third-order valence-corrected chi connectivity index (χ3v) is 4.67. The van der Waals surface area contributed by atoms with Crippen LogP contribution in [0.15, 0.2) is 78.2 Å². The van der Waals surface area contributed by atoms with Gasteiger partial charge in [-0.3, -0.25) is 10.1 Å². The van der Waals surface area contributed by atoms with Crippen molar-refractivity contribution in [2.75, 3.05) is 11.9 Å². The van der Waals surface area contributed by atoms with Gasteiger partial charge in [0.25, 0.3) is 5.91 Å². The summed E-state index contributed by atoms with van der Waals surface area (Å²) in [6, 6.07) is 23.7. The van der Waals surface area contributed by atoms with E-state index in [4.69, 9.17) is 4.74 Å². The van der Waals surface area contributed by atoms with Gasteiger partial charge in [-0.2, -0.15) is 0 Å². The number of anilines is 1. The van der Waals surface area contributed by atoms with Gasteiger partial charge in [0.15, 0.2) is 11.7 Å².